The number of aryl methyl sites for hydroxylation is 1. The van der Waals surface area contributed by atoms with Crippen LogP contribution in [0.3, 0.4) is 0 Å². The normalized spacial score (nSPS) is 21.7. The Hall–Kier alpha value is -0.760. The first-order valence-corrected chi connectivity index (χ1v) is 4.41. The quantitative estimate of drug-likeness (QED) is 0.600. The van der Waals surface area contributed by atoms with E-state index in [1.54, 1.807) is 6.26 Å². The molecule has 1 unspecified atom stereocenters. The van der Waals surface area contributed by atoms with Gasteiger partial charge in [-0.25, -0.2) is 0 Å². The molecule has 1 aliphatic rings. The minimum atomic E-state index is 0. The van der Waals surface area contributed by atoms with Crippen LogP contribution in [0.5, 0.6) is 0 Å². The maximum atomic E-state index is 5.15. The summed E-state index contributed by atoms with van der Waals surface area (Å²) in [7, 11) is 0. The molecule has 1 atom stereocenters. The lowest BCUT2D eigenvalue weighted by molar-refractivity contribution is 0.125. The number of rotatable bonds is 0. The molecule has 0 amide bonds. The molecule has 2 nitrogen and oxygen atoms in total. The molecule has 2 heteroatoms. The predicted octanol–water partition coefficient (Wildman–Crippen LogP) is 3.51. The van der Waals surface area contributed by atoms with Gasteiger partial charge in [0.1, 0.15) is 5.76 Å². The average molecular weight is 174 g/mol. The van der Waals surface area contributed by atoms with Gasteiger partial charge in [0.2, 0.25) is 0 Å². The van der Waals surface area contributed by atoms with Gasteiger partial charge in [0.15, 0.2) is 0 Å². The topological polar surface area (TPSA) is 22.4 Å². The zero-order valence-corrected chi connectivity index (χ0v) is 7.75. The van der Waals surface area contributed by atoms with Gasteiger partial charge in [-0.3, -0.25) is 0 Å². The van der Waals surface area contributed by atoms with Gasteiger partial charge in [-0.2, -0.15) is 0 Å². The molecule has 1 saturated heterocycles. The van der Waals surface area contributed by atoms with Crippen molar-refractivity contribution < 1.29 is 13.4 Å². The van der Waals surface area contributed by atoms with Crippen molar-refractivity contribution in [3.63, 3.8) is 0 Å². The summed E-state index contributed by atoms with van der Waals surface area (Å²) in [6.07, 6.45) is 4.74. The molecule has 2 heterocycles. The first-order chi connectivity index (χ1) is 5.79. The number of furan rings is 1. The molecule has 1 fully saturated rings. The summed E-state index contributed by atoms with van der Waals surface area (Å²) >= 11 is 0. The molecule has 12 heavy (non-hydrogen) atoms. The summed E-state index contributed by atoms with van der Waals surface area (Å²) in [5, 5.41) is 0. The van der Waals surface area contributed by atoms with Crippen molar-refractivity contribution in [2.75, 3.05) is 6.61 Å². The van der Waals surface area contributed by atoms with Crippen LogP contribution in [0.25, 0.3) is 0 Å². The third kappa shape index (κ3) is 3.58. The lowest BCUT2D eigenvalue weighted by Gasteiger charge is -1.94. The van der Waals surface area contributed by atoms with Crippen molar-refractivity contribution >= 4 is 0 Å². The largest absolute Gasteiger partial charge is 0.470 e. The van der Waals surface area contributed by atoms with Crippen molar-refractivity contribution in [3.8, 4) is 0 Å². The van der Waals surface area contributed by atoms with E-state index in [-0.39, 0.29) is 4.28 Å². The van der Waals surface area contributed by atoms with Gasteiger partial charge >= 0.3 is 0 Å². The summed E-state index contributed by atoms with van der Waals surface area (Å²) < 4.78 is 9.99. The highest BCUT2D eigenvalue weighted by Crippen LogP contribution is 2.09. The van der Waals surface area contributed by atoms with Crippen molar-refractivity contribution in [1.29, 1.82) is 0 Å². The monoisotopic (exact) mass is 174 g/mol. The lowest BCUT2D eigenvalue weighted by Crippen LogP contribution is -1.94. The van der Waals surface area contributed by atoms with Crippen LogP contribution in [0.4, 0.5) is 0 Å². The predicted molar refractivity (Wildman–Crippen MR) is 54.4 cm³/mol. The summed E-state index contributed by atoms with van der Waals surface area (Å²) in [5.74, 6) is 0.968. The van der Waals surface area contributed by atoms with E-state index in [4.69, 9.17) is 9.15 Å². The van der Waals surface area contributed by atoms with Crippen LogP contribution in [0.1, 0.15) is 29.8 Å². The standard InChI is InChI=1S/C5H10O.C5H6O.3H2/c2*1-5-3-2-4-6-5;;;/h5H,2-4H2,1H3;2-4H,1H3;3*1H. The van der Waals surface area contributed by atoms with E-state index in [9.17, 15) is 0 Å². The highest BCUT2D eigenvalue weighted by molar-refractivity contribution is 4.93. The number of ether oxygens (including phenoxy) is 1. The summed E-state index contributed by atoms with van der Waals surface area (Å²) in [4.78, 5) is 0. The van der Waals surface area contributed by atoms with E-state index in [2.05, 4.69) is 6.92 Å². The second-order valence-electron chi connectivity index (χ2n) is 3.05. The highest BCUT2D eigenvalue weighted by Gasteiger charge is 2.07. The molecular formula is C10H22O2. The molecule has 0 bridgehead atoms. The SMILES string of the molecule is CC1CCCO1.Cc1ccco1.[HH].[HH].[HH]. The van der Waals surface area contributed by atoms with Gasteiger partial charge in [-0.1, -0.05) is 0 Å². The average Bonchev–Trinajstić information content (AvgIpc) is 2.63. The van der Waals surface area contributed by atoms with Gasteiger partial charge in [0.25, 0.3) is 0 Å². The van der Waals surface area contributed by atoms with Crippen molar-refractivity contribution in [3.05, 3.63) is 24.2 Å². The Kier molecular flexibility index (Phi) is 3.88. The van der Waals surface area contributed by atoms with E-state index >= 15 is 0 Å². The Morgan fingerprint density at radius 2 is 2.42 bits per heavy atom. The van der Waals surface area contributed by atoms with Crippen LogP contribution in [-0.2, 0) is 4.74 Å². The molecule has 74 valence electrons. The molecule has 0 aromatic carbocycles. The second kappa shape index (κ2) is 4.99. The molecule has 2 rings (SSSR count). The van der Waals surface area contributed by atoms with E-state index < -0.39 is 0 Å². The molecule has 0 N–H and O–H groups in total. The molecule has 1 aliphatic heterocycles. The van der Waals surface area contributed by atoms with Crippen LogP contribution < -0.4 is 0 Å². The molecule has 1 aromatic heterocycles. The minimum Gasteiger partial charge on any atom is -0.470 e. The van der Waals surface area contributed by atoms with Crippen LogP contribution in [0.2, 0.25) is 0 Å². The first kappa shape index (κ1) is 9.33. The second-order valence-corrected chi connectivity index (χ2v) is 3.05. The third-order valence-electron chi connectivity index (χ3n) is 1.82. The van der Waals surface area contributed by atoms with Crippen molar-refractivity contribution in [1.82, 2.24) is 0 Å². The first-order valence-electron chi connectivity index (χ1n) is 4.41. The van der Waals surface area contributed by atoms with E-state index in [1.807, 2.05) is 19.1 Å². The molecule has 1 aromatic rings. The molecule has 0 aliphatic carbocycles. The smallest absolute Gasteiger partial charge is 0.100 e. The molecule has 0 saturated carbocycles. The summed E-state index contributed by atoms with van der Waals surface area (Å²) in [5.41, 5.74) is 0. The third-order valence-corrected chi connectivity index (χ3v) is 1.82. The fourth-order valence-corrected chi connectivity index (χ4v) is 1.10. The fourth-order valence-electron chi connectivity index (χ4n) is 1.10. The Bertz CT molecular complexity index is 196. The minimum absolute atomic E-state index is 0. The van der Waals surface area contributed by atoms with Gasteiger partial charge in [-0.15, -0.1) is 0 Å². The summed E-state index contributed by atoms with van der Waals surface area (Å²) in [6.45, 7) is 5.02. The van der Waals surface area contributed by atoms with Crippen molar-refractivity contribution in [2.45, 2.75) is 32.8 Å². The number of hydrogen-bond acceptors (Lipinski definition) is 2. The fraction of sp³-hybridized carbons (Fsp3) is 0.600. The zero-order chi connectivity index (χ0) is 8.81. The van der Waals surface area contributed by atoms with Crippen molar-refractivity contribution in [2.24, 2.45) is 0 Å². The van der Waals surface area contributed by atoms with E-state index in [0.29, 0.717) is 6.10 Å². The van der Waals surface area contributed by atoms with Crippen LogP contribution in [0.15, 0.2) is 22.8 Å². The molecule has 0 spiro atoms. The van der Waals surface area contributed by atoms with Crippen LogP contribution >= 0.6 is 0 Å². The maximum absolute atomic E-state index is 5.15. The molecular weight excluding hydrogens is 152 g/mol. The van der Waals surface area contributed by atoms with Gasteiger partial charge in [0, 0.05) is 10.9 Å². The van der Waals surface area contributed by atoms with Crippen LogP contribution in [-0.4, -0.2) is 12.7 Å². The Morgan fingerprint density at radius 1 is 1.58 bits per heavy atom. The Labute approximate surface area is 78.0 Å². The maximum Gasteiger partial charge on any atom is 0.100 e. The van der Waals surface area contributed by atoms with E-state index in [0.717, 1.165) is 12.4 Å². The number of hydrogen-bond donors (Lipinski definition) is 0. The molecule has 0 radical (unpaired) electrons. The Morgan fingerprint density at radius 3 is 2.58 bits per heavy atom. The lowest BCUT2D eigenvalue weighted by atomic mass is 10.3. The Balaban J connectivity index is -0.000000160. The van der Waals surface area contributed by atoms with Gasteiger partial charge in [0.05, 0.1) is 12.4 Å². The van der Waals surface area contributed by atoms with Crippen LogP contribution in [0, 0.1) is 6.92 Å². The highest BCUT2D eigenvalue weighted by atomic mass is 16.5. The van der Waals surface area contributed by atoms with Gasteiger partial charge < -0.3 is 9.15 Å². The van der Waals surface area contributed by atoms with Gasteiger partial charge in [-0.05, 0) is 38.8 Å². The summed E-state index contributed by atoms with van der Waals surface area (Å²) in [6, 6.07) is 3.79. The van der Waals surface area contributed by atoms with E-state index in [1.165, 1.54) is 12.8 Å². The zero-order valence-electron chi connectivity index (χ0n) is 7.75.